The third-order valence-corrected chi connectivity index (χ3v) is 5.10. The first-order valence-electron chi connectivity index (χ1n) is 8.52. The van der Waals surface area contributed by atoms with Crippen LogP contribution in [0.15, 0.2) is 53.4 Å². The van der Waals surface area contributed by atoms with Crippen LogP contribution in [-0.4, -0.2) is 20.3 Å². The maximum Gasteiger partial charge on any atom is 0.573 e. The molecule has 0 bridgehead atoms. The van der Waals surface area contributed by atoms with Crippen molar-refractivity contribution in [3.63, 3.8) is 0 Å². The molecule has 0 spiro atoms. The van der Waals surface area contributed by atoms with Gasteiger partial charge in [0.25, 0.3) is 0 Å². The van der Waals surface area contributed by atoms with Crippen LogP contribution in [0.5, 0.6) is 5.75 Å². The number of benzene rings is 2. The van der Waals surface area contributed by atoms with Crippen molar-refractivity contribution in [2.45, 2.75) is 50.7 Å². The van der Waals surface area contributed by atoms with E-state index in [2.05, 4.69) is 14.8 Å². The molecule has 0 aliphatic heterocycles. The highest BCUT2D eigenvalue weighted by Crippen LogP contribution is 2.23. The van der Waals surface area contributed by atoms with E-state index >= 15 is 0 Å². The van der Waals surface area contributed by atoms with Gasteiger partial charge in [-0.05, 0) is 56.2 Å². The van der Waals surface area contributed by atoms with Gasteiger partial charge in [0.2, 0.25) is 10.0 Å². The van der Waals surface area contributed by atoms with Crippen LogP contribution in [0.3, 0.4) is 0 Å². The summed E-state index contributed by atoms with van der Waals surface area (Å²) in [5.41, 5.74) is 1.41. The Morgan fingerprint density at radius 2 is 1.36 bits per heavy atom. The van der Waals surface area contributed by atoms with Crippen molar-refractivity contribution in [3.8, 4) is 5.75 Å². The molecule has 0 radical (unpaired) electrons. The van der Waals surface area contributed by atoms with E-state index in [1.165, 1.54) is 24.3 Å². The average Bonchev–Trinajstić information content (AvgIpc) is 2.58. The molecular formula is C19H23F3N2O3S. The summed E-state index contributed by atoms with van der Waals surface area (Å²) in [7, 11) is -3.74. The first kappa shape index (κ1) is 22.2. The Labute approximate surface area is 163 Å². The maximum atomic E-state index is 12.4. The van der Waals surface area contributed by atoms with Crippen molar-refractivity contribution < 1.29 is 26.3 Å². The number of halogens is 3. The number of alkyl halides is 3. The number of ether oxygens (including phenoxy) is 1. The molecular weight excluding hydrogens is 393 g/mol. The highest BCUT2D eigenvalue weighted by molar-refractivity contribution is 7.89. The molecule has 0 aliphatic carbocycles. The monoisotopic (exact) mass is 416 g/mol. The standard InChI is InChI=1S/C19H23F3N2O3S/c1-18(2,3)23-12-14-6-10-17(11-7-14)28(25,26)24-13-15-4-8-16(9-5-15)27-19(20,21)22/h4-11,23-24H,12-13H2,1-3H3. The van der Waals surface area contributed by atoms with Crippen molar-refractivity contribution in [1.82, 2.24) is 10.0 Å². The molecule has 28 heavy (non-hydrogen) atoms. The van der Waals surface area contributed by atoms with Gasteiger partial charge in [-0.1, -0.05) is 24.3 Å². The van der Waals surface area contributed by atoms with Crippen molar-refractivity contribution in [3.05, 3.63) is 59.7 Å². The summed E-state index contributed by atoms with van der Waals surface area (Å²) in [5, 5.41) is 3.32. The van der Waals surface area contributed by atoms with E-state index in [0.29, 0.717) is 12.1 Å². The Kier molecular flexibility index (Phi) is 6.74. The van der Waals surface area contributed by atoms with E-state index in [4.69, 9.17) is 0 Å². The average molecular weight is 416 g/mol. The van der Waals surface area contributed by atoms with Crippen molar-refractivity contribution >= 4 is 10.0 Å². The summed E-state index contributed by atoms with van der Waals surface area (Å²) in [5.74, 6) is -0.362. The minimum absolute atomic E-state index is 0.0486. The minimum atomic E-state index is -4.77. The molecule has 154 valence electrons. The number of hydrogen-bond donors (Lipinski definition) is 2. The topological polar surface area (TPSA) is 67.4 Å². The lowest BCUT2D eigenvalue weighted by molar-refractivity contribution is -0.274. The van der Waals surface area contributed by atoms with E-state index < -0.39 is 16.4 Å². The molecule has 0 amide bonds. The van der Waals surface area contributed by atoms with E-state index in [9.17, 15) is 21.6 Å². The summed E-state index contributed by atoms with van der Waals surface area (Å²) in [6.07, 6.45) is -4.77. The van der Waals surface area contributed by atoms with Gasteiger partial charge in [0.05, 0.1) is 4.90 Å². The van der Waals surface area contributed by atoms with E-state index in [1.54, 1.807) is 12.1 Å². The summed E-state index contributed by atoms with van der Waals surface area (Å²) >= 11 is 0. The highest BCUT2D eigenvalue weighted by Gasteiger charge is 2.30. The Hall–Kier alpha value is -2.10. The molecule has 9 heteroatoms. The van der Waals surface area contributed by atoms with Gasteiger partial charge in [-0.3, -0.25) is 0 Å². The quantitative estimate of drug-likeness (QED) is 0.717. The fourth-order valence-electron chi connectivity index (χ4n) is 2.22. The molecule has 0 aromatic heterocycles. The minimum Gasteiger partial charge on any atom is -0.406 e. The lowest BCUT2D eigenvalue weighted by Gasteiger charge is -2.20. The van der Waals surface area contributed by atoms with Crippen molar-refractivity contribution in [2.24, 2.45) is 0 Å². The predicted octanol–water partition coefficient (Wildman–Crippen LogP) is 3.95. The van der Waals surface area contributed by atoms with Gasteiger partial charge >= 0.3 is 6.36 Å². The fourth-order valence-corrected chi connectivity index (χ4v) is 3.24. The van der Waals surface area contributed by atoms with Crippen LogP contribution in [0.4, 0.5) is 13.2 Å². The molecule has 2 aromatic rings. The van der Waals surface area contributed by atoms with Gasteiger partial charge < -0.3 is 10.1 Å². The zero-order valence-corrected chi connectivity index (χ0v) is 16.6. The molecule has 0 unspecified atom stereocenters. The first-order chi connectivity index (χ1) is 12.8. The molecule has 0 fully saturated rings. The molecule has 0 saturated carbocycles. The molecule has 2 N–H and O–H groups in total. The lowest BCUT2D eigenvalue weighted by atomic mass is 10.1. The summed E-state index contributed by atoms with van der Waals surface area (Å²) in [6.45, 7) is 6.68. The number of sulfonamides is 1. The van der Waals surface area contributed by atoms with Gasteiger partial charge in [-0.15, -0.1) is 13.2 Å². The molecule has 2 rings (SSSR count). The van der Waals surface area contributed by atoms with Gasteiger partial charge in [0.1, 0.15) is 5.75 Å². The van der Waals surface area contributed by atoms with Gasteiger partial charge in [-0.2, -0.15) is 0 Å². The van der Waals surface area contributed by atoms with Crippen LogP contribution in [0.2, 0.25) is 0 Å². The third-order valence-electron chi connectivity index (χ3n) is 3.68. The van der Waals surface area contributed by atoms with E-state index in [0.717, 1.165) is 17.7 Å². The van der Waals surface area contributed by atoms with Crippen LogP contribution in [0.25, 0.3) is 0 Å². The lowest BCUT2D eigenvalue weighted by Crippen LogP contribution is -2.35. The van der Waals surface area contributed by atoms with E-state index in [1.807, 2.05) is 20.8 Å². The van der Waals surface area contributed by atoms with Crippen molar-refractivity contribution in [1.29, 1.82) is 0 Å². The molecule has 5 nitrogen and oxygen atoms in total. The summed E-state index contributed by atoms with van der Waals surface area (Å²) in [6, 6.07) is 11.5. The van der Waals surface area contributed by atoms with Crippen LogP contribution in [0.1, 0.15) is 31.9 Å². The summed E-state index contributed by atoms with van der Waals surface area (Å²) < 4.78 is 67.4. The Morgan fingerprint density at radius 3 is 1.86 bits per heavy atom. The number of rotatable bonds is 7. The predicted molar refractivity (Wildman–Crippen MR) is 100 cm³/mol. The van der Waals surface area contributed by atoms with Gasteiger partial charge in [0, 0.05) is 18.6 Å². The largest absolute Gasteiger partial charge is 0.573 e. The Balaban J connectivity index is 1.96. The molecule has 0 atom stereocenters. The molecule has 0 aliphatic rings. The first-order valence-corrected chi connectivity index (χ1v) is 10.0. The fraction of sp³-hybridized carbons (Fsp3) is 0.368. The van der Waals surface area contributed by atoms with Crippen LogP contribution in [0, 0.1) is 0 Å². The Bertz CT molecular complexity index is 873. The number of hydrogen-bond acceptors (Lipinski definition) is 4. The Morgan fingerprint density at radius 1 is 0.857 bits per heavy atom. The van der Waals surface area contributed by atoms with Gasteiger partial charge in [0.15, 0.2) is 0 Å². The zero-order chi connectivity index (χ0) is 21.0. The third kappa shape index (κ3) is 7.49. The maximum absolute atomic E-state index is 12.4. The smallest absolute Gasteiger partial charge is 0.406 e. The van der Waals surface area contributed by atoms with E-state index in [-0.39, 0.29) is 22.7 Å². The summed E-state index contributed by atoms with van der Waals surface area (Å²) in [4.78, 5) is 0.115. The second kappa shape index (κ2) is 8.50. The molecule has 0 heterocycles. The molecule has 0 saturated heterocycles. The normalized spacial score (nSPS) is 12.8. The highest BCUT2D eigenvalue weighted by atomic mass is 32.2. The zero-order valence-electron chi connectivity index (χ0n) is 15.8. The van der Waals surface area contributed by atoms with Gasteiger partial charge in [-0.25, -0.2) is 13.1 Å². The second-order valence-corrected chi connectivity index (χ2v) is 9.03. The van der Waals surface area contributed by atoms with Crippen LogP contribution in [-0.2, 0) is 23.1 Å². The van der Waals surface area contributed by atoms with Crippen LogP contribution >= 0.6 is 0 Å². The number of nitrogens with one attached hydrogen (secondary N) is 2. The second-order valence-electron chi connectivity index (χ2n) is 7.26. The van der Waals surface area contributed by atoms with Crippen molar-refractivity contribution in [2.75, 3.05) is 0 Å². The van der Waals surface area contributed by atoms with Crippen LogP contribution < -0.4 is 14.8 Å². The molecule has 2 aromatic carbocycles. The SMILES string of the molecule is CC(C)(C)NCc1ccc(S(=O)(=O)NCc2ccc(OC(F)(F)F)cc2)cc1.